The number of methoxy groups -OCH3 is 1. The standard InChI is InChI=1S/C26H40N8O2/c1-18-23(17-32(3)16-20-6-7-20)19(2)30-26(29-18)34-11-8-22(9-12-34)33(4)24-14-21(15-28-31-24)25(35)27-10-13-36-5/h14-15,20,22H,6-13,16-17H2,1-5H3,(H,27,35). The van der Waals surface area contributed by atoms with Crippen molar-refractivity contribution in [2.45, 2.75) is 52.1 Å². The lowest BCUT2D eigenvalue weighted by molar-refractivity contribution is 0.0936. The van der Waals surface area contributed by atoms with Crippen molar-refractivity contribution in [2.75, 3.05) is 63.8 Å². The average Bonchev–Trinajstić information content (AvgIpc) is 3.70. The molecule has 0 bridgehead atoms. The summed E-state index contributed by atoms with van der Waals surface area (Å²) in [7, 11) is 5.83. The van der Waals surface area contributed by atoms with E-state index < -0.39 is 0 Å². The normalized spacial score (nSPS) is 16.4. The Balaban J connectivity index is 1.34. The van der Waals surface area contributed by atoms with Crippen molar-refractivity contribution in [1.29, 1.82) is 0 Å². The molecule has 0 radical (unpaired) electrons. The van der Waals surface area contributed by atoms with Gasteiger partial charge in [0.1, 0.15) is 0 Å². The fourth-order valence-corrected chi connectivity index (χ4v) is 4.83. The Bertz CT molecular complexity index is 1010. The zero-order chi connectivity index (χ0) is 25.7. The van der Waals surface area contributed by atoms with Crippen molar-refractivity contribution < 1.29 is 9.53 Å². The van der Waals surface area contributed by atoms with Crippen LogP contribution >= 0.6 is 0 Å². The number of carbonyl (C=O) groups excluding carboxylic acids is 1. The Morgan fingerprint density at radius 2 is 1.83 bits per heavy atom. The first-order valence-corrected chi connectivity index (χ1v) is 13.0. The van der Waals surface area contributed by atoms with Crippen LogP contribution in [0, 0.1) is 19.8 Å². The van der Waals surface area contributed by atoms with Crippen molar-refractivity contribution in [3.05, 3.63) is 34.8 Å². The molecule has 0 aromatic carbocycles. The highest BCUT2D eigenvalue weighted by Gasteiger charge is 2.27. The van der Waals surface area contributed by atoms with Crippen LogP contribution in [0.3, 0.4) is 0 Å². The first-order valence-electron chi connectivity index (χ1n) is 13.0. The third-order valence-corrected chi connectivity index (χ3v) is 7.26. The van der Waals surface area contributed by atoms with Crippen LogP contribution in [0.2, 0.25) is 0 Å². The lowest BCUT2D eigenvalue weighted by atomic mass is 10.0. The Labute approximate surface area is 214 Å². The van der Waals surface area contributed by atoms with E-state index in [2.05, 4.69) is 51.1 Å². The Morgan fingerprint density at radius 3 is 2.47 bits per heavy atom. The van der Waals surface area contributed by atoms with E-state index in [0.717, 1.165) is 62.3 Å². The lowest BCUT2D eigenvalue weighted by Crippen LogP contribution is -2.44. The maximum atomic E-state index is 12.4. The second-order valence-electron chi connectivity index (χ2n) is 10.2. The number of nitrogens with one attached hydrogen (secondary N) is 1. The molecule has 2 aromatic rings. The summed E-state index contributed by atoms with van der Waals surface area (Å²) >= 11 is 0. The van der Waals surface area contributed by atoms with Gasteiger partial charge in [-0.15, -0.1) is 5.10 Å². The van der Waals surface area contributed by atoms with Gasteiger partial charge in [-0.2, -0.15) is 5.10 Å². The Hall–Kier alpha value is -2.85. The van der Waals surface area contributed by atoms with Crippen LogP contribution in [0.25, 0.3) is 0 Å². The van der Waals surface area contributed by atoms with Gasteiger partial charge in [-0.1, -0.05) is 0 Å². The van der Waals surface area contributed by atoms with Gasteiger partial charge >= 0.3 is 0 Å². The third-order valence-electron chi connectivity index (χ3n) is 7.26. The number of amides is 1. The summed E-state index contributed by atoms with van der Waals surface area (Å²) < 4.78 is 4.99. The van der Waals surface area contributed by atoms with Crippen LogP contribution in [0.5, 0.6) is 0 Å². The molecule has 3 heterocycles. The molecular formula is C26H40N8O2. The van der Waals surface area contributed by atoms with Gasteiger partial charge in [0, 0.05) is 69.9 Å². The van der Waals surface area contributed by atoms with Crippen LogP contribution in [-0.4, -0.2) is 91.0 Å². The number of rotatable bonds is 11. The summed E-state index contributed by atoms with van der Waals surface area (Å²) in [6, 6.07) is 2.11. The largest absolute Gasteiger partial charge is 0.383 e. The second-order valence-corrected chi connectivity index (χ2v) is 10.2. The summed E-state index contributed by atoms with van der Waals surface area (Å²) in [5.74, 6) is 2.24. The molecule has 0 unspecified atom stereocenters. The predicted molar refractivity (Wildman–Crippen MR) is 140 cm³/mol. The van der Waals surface area contributed by atoms with E-state index in [1.165, 1.54) is 24.6 Å². The maximum Gasteiger partial charge on any atom is 0.253 e. The van der Waals surface area contributed by atoms with Gasteiger partial charge in [0.05, 0.1) is 18.4 Å². The molecule has 1 saturated carbocycles. The van der Waals surface area contributed by atoms with Gasteiger partial charge in [0.2, 0.25) is 5.95 Å². The van der Waals surface area contributed by atoms with E-state index in [1.807, 2.05) is 7.05 Å². The van der Waals surface area contributed by atoms with Gasteiger partial charge in [-0.25, -0.2) is 9.97 Å². The number of hydrogen-bond acceptors (Lipinski definition) is 9. The average molecular weight is 497 g/mol. The molecule has 1 amide bonds. The summed E-state index contributed by atoms with van der Waals surface area (Å²) in [6.45, 7) is 8.96. The molecular weight excluding hydrogens is 456 g/mol. The second kappa shape index (κ2) is 11.9. The van der Waals surface area contributed by atoms with Gasteiger partial charge in [-0.05, 0) is 58.6 Å². The van der Waals surface area contributed by atoms with Crippen LogP contribution in [0.4, 0.5) is 11.8 Å². The van der Waals surface area contributed by atoms with E-state index >= 15 is 0 Å². The van der Waals surface area contributed by atoms with Crippen molar-refractivity contribution in [3.63, 3.8) is 0 Å². The van der Waals surface area contributed by atoms with E-state index in [9.17, 15) is 4.79 Å². The first-order chi connectivity index (χ1) is 17.4. The number of aromatic nitrogens is 4. The third kappa shape index (κ3) is 6.67. The number of hydrogen-bond donors (Lipinski definition) is 1. The maximum absolute atomic E-state index is 12.4. The lowest BCUT2D eigenvalue weighted by Gasteiger charge is -2.37. The molecule has 1 N–H and O–H groups in total. The van der Waals surface area contributed by atoms with E-state index in [0.29, 0.717) is 30.6 Å². The zero-order valence-electron chi connectivity index (χ0n) is 22.3. The van der Waals surface area contributed by atoms with Gasteiger partial charge < -0.3 is 24.8 Å². The molecule has 36 heavy (non-hydrogen) atoms. The fraction of sp³-hybridized carbons (Fsp3) is 0.654. The number of aryl methyl sites for hydroxylation is 2. The minimum absolute atomic E-state index is 0.170. The van der Waals surface area contributed by atoms with E-state index in [1.54, 1.807) is 13.2 Å². The molecule has 0 spiro atoms. The van der Waals surface area contributed by atoms with Crippen molar-refractivity contribution in [1.82, 2.24) is 30.4 Å². The van der Waals surface area contributed by atoms with Gasteiger partial charge in [0.25, 0.3) is 5.91 Å². The molecule has 1 aliphatic heterocycles. The zero-order valence-corrected chi connectivity index (χ0v) is 22.3. The molecule has 4 rings (SSSR count). The Morgan fingerprint density at radius 1 is 1.14 bits per heavy atom. The van der Waals surface area contributed by atoms with Crippen LogP contribution in [0.1, 0.15) is 53.0 Å². The number of anilines is 2. The predicted octanol–water partition coefficient (Wildman–Crippen LogP) is 2.21. The first kappa shape index (κ1) is 26.2. The minimum atomic E-state index is -0.170. The molecule has 2 fully saturated rings. The minimum Gasteiger partial charge on any atom is -0.383 e. The molecule has 1 saturated heterocycles. The fourth-order valence-electron chi connectivity index (χ4n) is 4.83. The highest BCUT2D eigenvalue weighted by Crippen LogP contribution is 2.30. The Kier molecular flexibility index (Phi) is 8.68. The van der Waals surface area contributed by atoms with Crippen molar-refractivity contribution in [2.24, 2.45) is 5.92 Å². The number of piperidine rings is 1. The van der Waals surface area contributed by atoms with Gasteiger partial charge in [-0.3, -0.25) is 4.79 Å². The summed E-state index contributed by atoms with van der Waals surface area (Å²) in [5, 5.41) is 11.2. The van der Waals surface area contributed by atoms with Crippen LogP contribution in [-0.2, 0) is 11.3 Å². The van der Waals surface area contributed by atoms with Crippen LogP contribution < -0.4 is 15.1 Å². The number of nitrogens with zero attached hydrogens (tertiary/aromatic N) is 7. The highest BCUT2D eigenvalue weighted by atomic mass is 16.5. The molecule has 0 atom stereocenters. The molecule has 10 heteroatoms. The number of carbonyl (C=O) groups is 1. The summed E-state index contributed by atoms with van der Waals surface area (Å²) in [4.78, 5) is 29.0. The highest BCUT2D eigenvalue weighted by molar-refractivity contribution is 5.94. The van der Waals surface area contributed by atoms with Crippen molar-refractivity contribution >= 4 is 17.7 Å². The number of ether oxygens (including phenoxy) is 1. The summed E-state index contributed by atoms with van der Waals surface area (Å²) in [6.07, 6.45) is 6.14. The topological polar surface area (TPSA) is 99.6 Å². The van der Waals surface area contributed by atoms with Crippen molar-refractivity contribution in [3.8, 4) is 0 Å². The SMILES string of the molecule is COCCNC(=O)c1cnnc(N(C)C2CCN(c3nc(C)c(CN(C)CC4CC4)c(C)n3)CC2)c1. The smallest absolute Gasteiger partial charge is 0.253 e. The molecule has 10 nitrogen and oxygen atoms in total. The summed E-state index contributed by atoms with van der Waals surface area (Å²) in [5.41, 5.74) is 3.91. The molecule has 2 aliphatic rings. The molecule has 196 valence electrons. The van der Waals surface area contributed by atoms with E-state index in [-0.39, 0.29) is 5.91 Å². The quantitative estimate of drug-likeness (QED) is 0.469. The van der Waals surface area contributed by atoms with Crippen LogP contribution in [0.15, 0.2) is 12.3 Å². The van der Waals surface area contributed by atoms with E-state index in [4.69, 9.17) is 14.7 Å². The molecule has 2 aromatic heterocycles. The molecule has 1 aliphatic carbocycles. The van der Waals surface area contributed by atoms with Gasteiger partial charge in [0.15, 0.2) is 5.82 Å². The monoisotopic (exact) mass is 496 g/mol.